The van der Waals surface area contributed by atoms with E-state index in [2.05, 4.69) is 0 Å². The molecule has 1 fully saturated rings. The van der Waals surface area contributed by atoms with Gasteiger partial charge in [0.2, 0.25) is 15.9 Å². The Balaban J connectivity index is 1.92. The Morgan fingerprint density at radius 1 is 1.05 bits per heavy atom. The first-order chi connectivity index (χ1) is 17.9. The van der Waals surface area contributed by atoms with E-state index in [4.69, 9.17) is 21.5 Å². The molecule has 1 saturated heterocycles. The van der Waals surface area contributed by atoms with Gasteiger partial charge < -0.3 is 4.74 Å². The Hall–Kier alpha value is -3.41. The summed E-state index contributed by atoms with van der Waals surface area (Å²) in [5.74, 6) is -6.05. The van der Waals surface area contributed by atoms with Crippen LogP contribution in [0, 0.1) is 0 Å². The second-order valence-electron chi connectivity index (χ2n) is 8.76. The maximum atomic E-state index is 14.8. The first kappa shape index (κ1) is 27.6. The molecule has 38 heavy (non-hydrogen) atoms. The summed E-state index contributed by atoms with van der Waals surface area (Å²) in [6.45, 7) is -0.244. The highest BCUT2D eigenvalue weighted by Gasteiger charge is 2.53. The summed E-state index contributed by atoms with van der Waals surface area (Å²) in [5.41, 5.74) is -0.172. The first-order valence-electron chi connectivity index (χ1n) is 11.4. The van der Waals surface area contributed by atoms with E-state index in [0.717, 1.165) is 18.2 Å². The molecule has 1 aliphatic heterocycles. The minimum Gasteiger partial charge on any atom is -0.447 e. The molecule has 3 aromatic carbocycles. The fourth-order valence-corrected chi connectivity index (χ4v) is 5.58. The summed E-state index contributed by atoms with van der Waals surface area (Å²) < 4.78 is 74.2. The molecule has 0 saturated carbocycles. The average molecular weight is 567 g/mol. The Morgan fingerprint density at radius 2 is 1.66 bits per heavy atom. The number of nitrogens with two attached hydrogens (primary N) is 1. The minimum absolute atomic E-state index is 0.116. The lowest BCUT2D eigenvalue weighted by Crippen LogP contribution is -2.46. The molecule has 1 aliphatic rings. The van der Waals surface area contributed by atoms with E-state index in [1.807, 2.05) is 0 Å². The van der Waals surface area contributed by atoms with Gasteiger partial charge in [0.05, 0.1) is 22.8 Å². The topological polar surface area (TPSA) is 107 Å². The van der Waals surface area contributed by atoms with Crippen LogP contribution in [0.5, 0.6) is 0 Å². The van der Waals surface area contributed by atoms with Crippen LogP contribution in [0.4, 0.5) is 18.0 Å². The van der Waals surface area contributed by atoms with Gasteiger partial charge in [-0.1, -0.05) is 72.3 Å². The molecular formula is C26H22ClF3N2O5S. The molecular weight excluding hydrogens is 545 g/mol. The van der Waals surface area contributed by atoms with Crippen LogP contribution in [0.1, 0.15) is 28.5 Å². The molecule has 3 aromatic rings. The molecule has 0 bridgehead atoms. The Bertz CT molecular complexity index is 1440. The number of alkyl halides is 3. The number of cyclic esters (lactones) is 1. The molecule has 0 radical (unpaired) electrons. The summed E-state index contributed by atoms with van der Waals surface area (Å²) in [7, 11) is -4.60. The lowest BCUT2D eigenvalue weighted by molar-refractivity contribution is -0.164. The number of carbonyl (C=O) groups excluding carboxylic acids is 2. The van der Waals surface area contributed by atoms with Crippen LogP contribution in [0.3, 0.4) is 0 Å². The van der Waals surface area contributed by atoms with Crippen LogP contribution in [0.15, 0.2) is 83.8 Å². The number of nitrogens with zero attached hydrogens (tertiary/aromatic N) is 1. The number of imide groups is 1. The molecule has 0 unspecified atom stereocenters. The molecule has 2 N–H and O–H groups in total. The van der Waals surface area contributed by atoms with Crippen molar-refractivity contribution in [2.75, 3.05) is 6.61 Å². The number of amides is 2. The quantitative estimate of drug-likeness (QED) is 0.433. The molecule has 2 amide bonds. The lowest BCUT2D eigenvalue weighted by Gasteiger charge is -2.33. The van der Waals surface area contributed by atoms with Crippen molar-refractivity contribution in [1.82, 2.24) is 4.90 Å². The van der Waals surface area contributed by atoms with Crippen molar-refractivity contribution in [2.45, 2.75) is 35.4 Å². The fourth-order valence-electron chi connectivity index (χ4n) is 4.62. The van der Waals surface area contributed by atoms with E-state index in [1.54, 1.807) is 30.3 Å². The van der Waals surface area contributed by atoms with E-state index < -0.39 is 56.5 Å². The number of halogens is 4. The number of rotatable bonds is 7. The van der Waals surface area contributed by atoms with Crippen molar-refractivity contribution < 1.29 is 35.9 Å². The minimum atomic E-state index is -5.04. The maximum absolute atomic E-state index is 14.8. The number of ether oxygens (including phenoxy) is 1. The van der Waals surface area contributed by atoms with Crippen LogP contribution in [-0.4, -0.2) is 44.1 Å². The third-order valence-corrected chi connectivity index (χ3v) is 7.46. The summed E-state index contributed by atoms with van der Waals surface area (Å²) in [5, 5.41) is 5.21. The number of hydrogen-bond donors (Lipinski definition) is 1. The smallest absolute Gasteiger partial charge is 0.417 e. The number of benzene rings is 3. The van der Waals surface area contributed by atoms with Crippen LogP contribution >= 0.6 is 11.6 Å². The molecule has 1 heterocycles. The fraction of sp³-hybridized carbons (Fsp3) is 0.231. The van der Waals surface area contributed by atoms with Gasteiger partial charge in [-0.25, -0.2) is 23.3 Å². The van der Waals surface area contributed by atoms with Crippen LogP contribution < -0.4 is 5.14 Å². The van der Waals surface area contributed by atoms with Crippen molar-refractivity contribution in [2.24, 2.45) is 5.14 Å². The Kier molecular flexibility index (Phi) is 7.82. The van der Waals surface area contributed by atoms with Crippen LogP contribution in [0.25, 0.3) is 0 Å². The van der Waals surface area contributed by atoms with E-state index in [1.165, 1.54) is 30.3 Å². The summed E-state index contributed by atoms with van der Waals surface area (Å²) in [6.07, 6.45) is -6.06. The number of carbonyl (C=O) groups is 2. The maximum Gasteiger partial charge on any atom is 0.417 e. The van der Waals surface area contributed by atoms with E-state index >= 15 is 0 Å². The molecule has 12 heteroatoms. The zero-order chi connectivity index (χ0) is 27.7. The summed E-state index contributed by atoms with van der Waals surface area (Å²) in [4.78, 5) is 26.7. The summed E-state index contributed by atoms with van der Waals surface area (Å²) >= 11 is 6.07. The third-order valence-electron chi connectivity index (χ3n) is 6.24. The van der Waals surface area contributed by atoms with Crippen molar-refractivity contribution in [3.8, 4) is 0 Å². The normalized spacial score (nSPS) is 17.7. The van der Waals surface area contributed by atoms with Crippen molar-refractivity contribution in [3.63, 3.8) is 0 Å². The standard InChI is InChI=1S/C26H22ClF3N2O5S/c27-18-11-12-21(38(31,35)36)20(14-18)22(23(26(28,29)30)17-9-5-2-6-10-17)24(33)32-19(15-37-25(32)34)13-16-7-3-1-4-8-16/h1-12,14,19,22-23H,13,15H2,(H2,31,35,36)/t19-,22-,23+/m0/s1. The number of primary sulfonamides is 1. The first-order valence-corrected chi connectivity index (χ1v) is 13.3. The molecule has 4 rings (SSSR count). The molecule has 0 aromatic heterocycles. The molecule has 7 nitrogen and oxygen atoms in total. The second-order valence-corrected chi connectivity index (χ2v) is 10.7. The highest BCUT2D eigenvalue weighted by Crippen LogP contribution is 2.48. The van der Waals surface area contributed by atoms with Gasteiger partial charge in [0.1, 0.15) is 6.61 Å². The van der Waals surface area contributed by atoms with Crippen LogP contribution in [-0.2, 0) is 26.0 Å². The average Bonchev–Trinajstić information content (AvgIpc) is 3.21. The SMILES string of the molecule is NS(=O)(=O)c1ccc(Cl)cc1[C@H](C(=O)N1C(=O)OC[C@@H]1Cc1ccccc1)[C@@H](c1ccccc1)C(F)(F)F. The summed E-state index contributed by atoms with van der Waals surface area (Å²) in [6, 6.07) is 17.4. The van der Waals surface area contributed by atoms with Gasteiger partial charge in [-0.05, 0) is 41.3 Å². The zero-order valence-electron chi connectivity index (χ0n) is 19.6. The van der Waals surface area contributed by atoms with Gasteiger partial charge in [-0.15, -0.1) is 0 Å². The highest BCUT2D eigenvalue weighted by atomic mass is 35.5. The van der Waals surface area contributed by atoms with Gasteiger partial charge in [0.15, 0.2) is 0 Å². The van der Waals surface area contributed by atoms with Gasteiger partial charge in [0.25, 0.3) is 0 Å². The van der Waals surface area contributed by atoms with Crippen molar-refractivity contribution >= 4 is 33.6 Å². The van der Waals surface area contributed by atoms with Gasteiger partial charge in [0, 0.05) is 5.02 Å². The second kappa shape index (κ2) is 10.8. The molecule has 3 atom stereocenters. The molecule has 0 spiro atoms. The molecule has 0 aliphatic carbocycles. The number of sulfonamides is 1. The zero-order valence-corrected chi connectivity index (χ0v) is 21.2. The third kappa shape index (κ3) is 5.85. The largest absolute Gasteiger partial charge is 0.447 e. The van der Waals surface area contributed by atoms with E-state index in [-0.39, 0.29) is 23.6 Å². The predicted molar refractivity (Wildman–Crippen MR) is 133 cm³/mol. The lowest BCUT2D eigenvalue weighted by atomic mass is 9.79. The predicted octanol–water partition coefficient (Wildman–Crippen LogP) is 5.01. The van der Waals surface area contributed by atoms with E-state index in [0.29, 0.717) is 10.5 Å². The van der Waals surface area contributed by atoms with E-state index in [9.17, 15) is 31.2 Å². The van der Waals surface area contributed by atoms with Crippen molar-refractivity contribution in [1.29, 1.82) is 0 Å². The number of hydrogen-bond acceptors (Lipinski definition) is 5. The Morgan fingerprint density at radius 3 is 2.24 bits per heavy atom. The van der Waals surface area contributed by atoms with Gasteiger partial charge in [-0.3, -0.25) is 4.79 Å². The van der Waals surface area contributed by atoms with Gasteiger partial charge >= 0.3 is 12.3 Å². The van der Waals surface area contributed by atoms with Gasteiger partial charge in [-0.2, -0.15) is 13.2 Å². The molecule has 200 valence electrons. The Labute approximate surface area is 222 Å². The van der Waals surface area contributed by atoms with Crippen LogP contribution in [0.2, 0.25) is 5.02 Å². The van der Waals surface area contributed by atoms with Crippen molar-refractivity contribution in [3.05, 3.63) is 101 Å². The monoisotopic (exact) mass is 566 g/mol. The highest BCUT2D eigenvalue weighted by molar-refractivity contribution is 7.89.